The van der Waals surface area contributed by atoms with Crippen molar-refractivity contribution in [2.24, 2.45) is 0 Å². The number of benzene rings is 2. The molecule has 0 saturated heterocycles. The van der Waals surface area contributed by atoms with E-state index in [0.717, 1.165) is 38.4 Å². The summed E-state index contributed by atoms with van der Waals surface area (Å²) < 4.78 is 24.1. The van der Waals surface area contributed by atoms with Gasteiger partial charge in [0.2, 0.25) is 0 Å². The molecule has 0 unspecified atom stereocenters. The third kappa shape index (κ3) is 5.82. The fraction of sp³-hybridized carbons (Fsp3) is 0.368. The molecule has 0 radical (unpaired) electrons. The Morgan fingerprint density at radius 1 is 0.760 bits per heavy atom. The minimum absolute atomic E-state index is 0.00304. The molecule has 4 nitrogen and oxygen atoms in total. The summed E-state index contributed by atoms with van der Waals surface area (Å²) in [4.78, 5) is 0. The lowest BCUT2D eigenvalue weighted by Crippen LogP contribution is -2.23. The minimum Gasteiger partial charge on any atom is -0.497 e. The van der Waals surface area contributed by atoms with E-state index in [0.29, 0.717) is 0 Å². The van der Waals surface area contributed by atoms with Gasteiger partial charge in [0.1, 0.15) is 23.0 Å². The van der Waals surface area contributed by atoms with Crippen LogP contribution in [0.5, 0.6) is 23.0 Å². The third-order valence-corrected chi connectivity index (χ3v) is 4.84. The van der Waals surface area contributed by atoms with Crippen molar-refractivity contribution in [3.8, 4) is 23.0 Å². The molecule has 136 valence electrons. The van der Waals surface area contributed by atoms with Crippen LogP contribution in [0, 0.1) is 0 Å². The second-order valence-electron chi connectivity index (χ2n) is 5.69. The summed E-state index contributed by atoms with van der Waals surface area (Å²) in [6, 6.07) is 11.3. The molecule has 0 spiro atoms. The first kappa shape index (κ1) is 19.9. The molecule has 2 aromatic rings. The Hall–Kier alpha value is -1.40. The first-order valence-electron chi connectivity index (χ1n) is 7.93. The monoisotopic (exact) mass is 472 g/mol. The zero-order valence-corrected chi connectivity index (χ0v) is 17.9. The topological polar surface area (TPSA) is 36.9 Å². The molecule has 2 atom stereocenters. The van der Waals surface area contributed by atoms with Crippen LogP contribution in [0.15, 0.2) is 45.3 Å². The van der Waals surface area contributed by atoms with Gasteiger partial charge in [-0.3, -0.25) is 0 Å². The number of halogens is 2. The van der Waals surface area contributed by atoms with Crippen molar-refractivity contribution in [1.29, 1.82) is 0 Å². The first-order chi connectivity index (χ1) is 11.9. The van der Waals surface area contributed by atoms with Gasteiger partial charge in [-0.25, -0.2) is 0 Å². The van der Waals surface area contributed by atoms with Crippen molar-refractivity contribution in [1.82, 2.24) is 0 Å². The summed E-state index contributed by atoms with van der Waals surface area (Å²) in [5.41, 5.74) is 0. The van der Waals surface area contributed by atoms with Crippen LogP contribution in [-0.2, 0) is 0 Å². The van der Waals surface area contributed by atoms with Crippen molar-refractivity contribution in [2.45, 2.75) is 32.5 Å². The van der Waals surface area contributed by atoms with Gasteiger partial charge in [0.25, 0.3) is 0 Å². The maximum Gasteiger partial charge on any atom is 0.134 e. The minimum atomic E-state index is -0.00304. The Labute approximate surface area is 165 Å². The normalized spacial score (nSPS) is 13.0. The molecule has 0 aliphatic carbocycles. The van der Waals surface area contributed by atoms with E-state index in [1.165, 1.54) is 0 Å². The molecule has 0 N–H and O–H groups in total. The first-order valence-corrected chi connectivity index (χ1v) is 9.52. The summed E-state index contributed by atoms with van der Waals surface area (Å²) in [6.45, 7) is 4.05. The fourth-order valence-corrected chi connectivity index (χ4v) is 3.31. The van der Waals surface area contributed by atoms with E-state index in [2.05, 4.69) is 31.9 Å². The Bertz CT molecular complexity index is 646. The van der Waals surface area contributed by atoms with Gasteiger partial charge in [0, 0.05) is 6.42 Å². The lowest BCUT2D eigenvalue weighted by molar-refractivity contribution is 0.129. The zero-order chi connectivity index (χ0) is 18.4. The highest BCUT2D eigenvalue weighted by Crippen LogP contribution is 2.32. The predicted octanol–water partition coefficient (Wildman–Crippen LogP) is 5.85. The molecule has 6 heteroatoms. The molecule has 2 rings (SSSR count). The molecule has 0 aliphatic heterocycles. The van der Waals surface area contributed by atoms with Gasteiger partial charge in [-0.1, -0.05) is 0 Å². The van der Waals surface area contributed by atoms with E-state index in [1.54, 1.807) is 14.2 Å². The van der Waals surface area contributed by atoms with E-state index in [-0.39, 0.29) is 12.2 Å². The molecule has 0 bridgehead atoms. The molecule has 0 aliphatic rings. The summed E-state index contributed by atoms with van der Waals surface area (Å²) in [7, 11) is 3.28. The highest BCUT2D eigenvalue weighted by atomic mass is 79.9. The molecule has 2 aromatic carbocycles. The van der Waals surface area contributed by atoms with Gasteiger partial charge < -0.3 is 18.9 Å². The van der Waals surface area contributed by atoms with E-state index in [9.17, 15) is 0 Å². The molecule has 25 heavy (non-hydrogen) atoms. The van der Waals surface area contributed by atoms with Crippen LogP contribution < -0.4 is 18.9 Å². The Balaban J connectivity index is 1.92. The van der Waals surface area contributed by atoms with Crippen molar-refractivity contribution >= 4 is 31.9 Å². The second-order valence-corrected chi connectivity index (χ2v) is 7.39. The number of rotatable bonds is 8. The summed E-state index contributed by atoms with van der Waals surface area (Å²) in [5, 5.41) is 0. The molecule has 0 fully saturated rings. The van der Waals surface area contributed by atoms with E-state index < -0.39 is 0 Å². The zero-order valence-electron chi connectivity index (χ0n) is 14.7. The van der Waals surface area contributed by atoms with E-state index in [4.69, 9.17) is 18.9 Å². The standard InChI is InChI=1S/C19H22Br2O4/c1-12(24-18-7-5-14(22-3)10-16(18)20)9-13(2)25-19-8-6-15(23-4)11-17(19)21/h5-8,10-13H,9H2,1-4H3/t12-,13-/m0/s1. The van der Waals surface area contributed by atoms with Crippen molar-refractivity contribution in [2.75, 3.05) is 14.2 Å². The van der Waals surface area contributed by atoms with Crippen LogP contribution in [0.4, 0.5) is 0 Å². The summed E-state index contributed by atoms with van der Waals surface area (Å²) in [6.07, 6.45) is 0.741. The fourth-order valence-electron chi connectivity index (χ4n) is 2.41. The van der Waals surface area contributed by atoms with Crippen LogP contribution in [0.1, 0.15) is 20.3 Å². The summed E-state index contributed by atoms with van der Waals surface area (Å²) in [5.74, 6) is 3.14. The van der Waals surface area contributed by atoms with Crippen molar-refractivity contribution in [3.63, 3.8) is 0 Å². The van der Waals surface area contributed by atoms with Gasteiger partial charge >= 0.3 is 0 Å². The Morgan fingerprint density at radius 2 is 1.16 bits per heavy atom. The maximum absolute atomic E-state index is 6.01. The number of hydrogen-bond donors (Lipinski definition) is 0. The van der Waals surface area contributed by atoms with Crippen molar-refractivity contribution in [3.05, 3.63) is 45.3 Å². The van der Waals surface area contributed by atoms with Crippen LogP contribution in [0.25, 0.3) is 0 Å². The van der Waals surface area contributed by atoms with Gasteiger partial charge in [-0.2, -0.15) is 0 Å². The third-order valence-electron chi connectivity index (χ3n) is 3.60. The van der Waals surface area contributed by atoms with Gasteiger partial charge in [-0.15, -0.1) is 0 Å². The SMILES string of the molecule is COc1ccc(O[C@@H](C)C[C@H](C)Oc2ccc(OC)cc2Br)c(Br)c1. The Kier molecular flexibility index (Phi) is 7.44. The van der Waals surface area contributed by atoms with Crippen LogP contribution >= 0.6 is 31.9 Å². The number of ether oxygens (including phenoxy) is 4. The molecule has 0 aromatic heterocycles. The molecular weight excluding hydrogens is 452 g/mol. The van der Waals surface area contributed by atoms with Crippen LogP contribution in [0.3, 0.4) is 0 Å². The predicted molar refractivity (Wildman–Crippen MR) is 106 cm³/mol. The Morgan fingerprint density at radius 3 is 1.48 bits per heavy atom. The van der Waals surface area contributed by atoms with Gasteiger partial charge in [0.05, 0.1) is 35.4 Å². The van der Waals surface area contributed by atoms with Crippen LogP contribution in [0.2, 0.25) is 0 Å². The maximum atomic E-state index is 6.01. The lowest BCUT2D eigenvalue weighted by Gasteiger charge is -2.21. The average molecular weight is 474 g/mol. The highest BCUT2D eigenvalue weighted by molar-refractivity contribution is 9.10. The van der Waals surface area contributed by atoms with Gasteiger partial charge in [-0.05, 0) is 82.1 Å². The smallest absolute Gasteiger partial charge is 0.134 e. The number of methoxy groups -OCH3 is 2. The quantitative estimate of drug-likeness (QED) is 0.481. The van der Waals surface area contributed by atoms with Gasteiger partial charge in [0.15, 0.2) is 0 Å². The molecular formula is C19H22Br2O4. The second kappa shape index (κ2) is 9.34. The van der Waals surface area contributed by atoms with Crippen LogP contribution in [-0.4, -0.2) is 26.4 Å². The molecule has 0 heterocycles. The van der Waals surface area contributed by atoms with E-state index >= 15 is 0 Å². The largest absolute Gasteiger partial charge is 0.497 e. The number of hydrogen-bond acceptors (Lipinski definition) is 4. The lowest BCUT2D eigenvalue weighted by atomic mass is 10.2. The van der Waals surface area contributed by atoms with E-state index in [1.807, 2.05) is 50.2 Å². The summed E-state index contributed by atoms with van der Waals surface area (Å²) >= 11 is 7.01. The molecule has 0 saturated carbocycles. The highest BCUT2D eigenvalue weighted by Gasteiger charge is 2.15. The molecule has 0 amide bonds. The van der Waals surface area contributed by atoms with Crippen molar-refractivity contribution < 1.29 is 18.9 Å². The average Bonchev–Trinajstić information content (AvgIpc) is 2.58.